The minimum absolute atomic E-state index is 0.0222. The molecule has 1 aliphatic heterocycles. The van der Waals surface area contributed by atoms with E-state index in [2.05, 4.69) is 24.4 Å². The van der Waals surface area contributed by atoms with E-state index in [9.17, 15) is 4.79 Å². The largest absolute Gasteiger partial charge is 0.494 e. The highest BCUT2D eigenvalue weighted by molar-refractivity contribution is 5.78. The van der Waals surface area contributed by atoms with Gasteiger partial charge < -0.3 is 14.8 Å². The molecule has 1 aliphatic rings. The predicted molar refractivity (Wildman–Crippen MR) is 95.6 cm³/mol. The van der Waals surface area contributed by atoms with Crippen LogP contribution in [0.5, 0.6) is 11.5 Å². The van der Waals surface area contributed by atoms with E-state index >= 15 is 0 Å². The Morgan fingerprint density at radius 1 is 1.42 bits per heavy atom. The van der Waals surface area contributed by atoms with Gasteiger partial charge in [0.1, 0.15) is 17.6 Å². The summed E-state index contributed by atoms with van der Waals surface area (Å²) >= 11 is 0. The third kappa shape index (κ3) is 5.13. The van der Waals surface area contributed by atoms with E-state index in [1.165, 1.54) is 5.56 Å². The number of carbonyl (C=O) groups is 1. The van der Waals surface area contributed by atoms with Crippen LogP contribution in [-0.2, 0) is 17.8 Å². The third-order valence-electron chi connectivity index (χ3n) is 3.75. The minimum atomic E-state index is -0.216. The Labute approximate surface area is 145 Å². The van der Waals surface area contributed by atoms with E-state index in [0.29, 0.717) is 19.7 Å². The Hall–Kier alpha value is -1.75. The highest BCUT2D eigenvalue weighted by atomic mass is 16.5. The molecule has 2 rings (SSSR count). The number of rotatable bonds is 6. The molecule has 24 heavy (non-hydrogen) atoms. The van der Waals surface area contributed by atoms with Crippen molar-refractivity contribution < 1.29 is 14.3 Å². The van der Waals surface area contributed by atoms with Gasteiger partial charge >= 0.3 is 0 Å². The Morgan fingerprint density at radius 2 is 2.12 bits per heavy atom. The summed E-state index contributed by atoms with van der Waals surface area (Å²) in [5, 5.41) is 2.99. The van der Waals surface area contributed by atoms with Crippen LogP contribution in [0.15, 0.2) is 12.1 Å². The quantitative estimate of drug-likeness (QED) is 0.869. The van der Waals surface area contributed by atoms with Crippen LogP contribution in [0.2, 0.25) is 0 Å². The van der Waals surface area contributed by atoms with Crippen molar-refractivity contribution in [1.29, 1.82) is 0 Å². The summed E-state index contributed by atoms with van der Waals surface area (Å²) in [6.07, 6.45) is 1.12. The number of nitrogens with zero attached hydrogens (tertiary/aromatic N) is 1. The van der Waals surface area contributed by atoms with E-state index in [0.717, 1.165) is 23.5 Å². The first kappa shape index (κ1) is 18.6. The summed E-state index contributed by atoms with van der Waals surface area (Å²) in [6, 6.07) is 4.14. The molecule has 0 aromatic heterocycles. The van der Waals surface area contributed by atoms with Crippen molar-refractivity contribution in [2.75, 3.05) is 20.2 Å². The summed E-state index contributed by atoms with van der Waals surface area (Å²) in [5.41, 5.74) is 2.03. The van der Waals surface area contributed by atoms with Crippen LogP contribution < -0.4 is 14.8 Å². The molecule has 1 aromatic rings. The standard InChI is InChI=1S/C19H30N2O3/c1-7-23-16-9-14-8-13(2)24-17(14)10-15(16)11-21(6)12-18(22)20-19(3,4)5/h9-10,13H,7-8,11-12H2,1-6H3,(H,20,22). The molecule has 0 radical (unpaired) electrons. The zero-order valence-electron chi connectivity index (χ0n) is 15.7. The van der Waals surface area contributed by atoms with Gasteiger partial charge in [0.25, 0.3) is 0 Å². The smallest absolute Gasteiger partial charge is 0.234 e. The molecule has 1 N–H and O–H groups in total. The average Bonchev–Trinajstić information content (AvgIpc) is 2.75. The fourth-order valence-electron chi connectivity index (χ4n) is 2.94. The van der Waals surface area contributed by atoms with Gasteiger partial charge in [-0.15, -0.1) is 0 Å². The lowest BCUT2D eigenvalue weighted by atomic mass is 10.1. The first-order valence-electron chi connectivity index (χ1n) is 8.62. The molecule has 1 heterocycles. The molecule has 0 fully saturated rings. The van der Waals surface area contributed by atoms with E-state index in [-0.39, 0.29) is 17.6 Å². The van der Waals surface area contributed by atoms with Gasteiger partial charge in [-0.3, -0.25) is 9.69 Å². The molecule has 5 nitrogen and oxygen atoms in total. The molecule has 0 saturated heterocycles. The van der Waals surface area contributed by atoms with Crippen LogP contribution in [0, 0.1) is 0 Å². The molecule has 1 amide bonds. The van der Waals surface area contributed by atoms with Crippen molar-refractivity contribution in [3.63, 3.8) is 0 Å². The molecular weight excluding hydrogens is 304 g/mol. The van der Waals surface area contributed by atoms with E-state index < -0.39 is 0 Å². The zero-order valence-corrected chi connectivity index (χ0v) is 15.7. The predicted octanol–water partition coefficient (Wildman–Crippen LogP) is 2.76. The van der Waals surface area contributed by atoms with Crippen molar-refractivity contribution in [2.45, 2.75) is 59.2 Å². The number of fused-ring (bicyclic) bond motifs is 1. The lowest BCUT2D eigenvalue weighted by Gasteiger charge is -2.24. The summed E-state index contributed by atoms with van der Waals surface area (Å²) in [7, 11) is 1.94. The van der Waals surface area contributed by atoms with Crippen LogP contribution in [0.1, 0.15) is 45.7 Å². The summed E-state index contributed by atoms with van der Waals surface area (Å²) in [5.74, 6) is 1.85. The summed E-state index contributed by atoms with van der Waals surface area (Å²) in [6.45, 7) is 11.6. The topological polar surface area (TPSA) is 50.8 Å². The van der Waals surface area contributed by atoms with Crippen LogP contribution >= 0.6 is 0 Å². The van der Waals surface area contributed by atoms with Crippen LogP contribution in [-0.4, -0.2) is 42.6 Å². The molecule has 134 valence electrons. The van der Waals surface area contributed by atoms with Crippen molar-refractivity contribution in [1.82, 2.24) is 10.2 Å². The Kier molecular flexibility index (Phi) is 5.75. The molecule has 0 saturated carbocycles. The SMILES string of the molecule is CCOc1cc2c(cc1CN(C)CC(=O)NC(C)(C)C)OC(C)C2. The van der Waals surface area contributed by atoms with Crippen molar-refractivity contribution >= 4 is 5.91 Å². The fraction of sp³-hybridized carbons (Fsp3) is 0.632. The number of ether oxygens (including phenoxy) is 2. The molecule has 0 spiro atoms. The summed E-state index contributed by atoms with van der Waals surface area (Å²) < 4.78 is 11.7. The van der Waals surface area contributed by atoms with E-state index in [1.54, 1.807) is 0 Å². The maximum absolute atomic E-state index is 12.1. The van der Waals surface area contributed by atoms with Gasteiger partial charge in [-0.25, -0.2) is 0 Å². The number of amides is 1. The maximum atomic E-state index is 12.1. The first-order valence-corrected chi connectivity index (χ1v) is 8.62. The number of hydrogen-bond acceptors (Lipinski definition) is 4. The van der Waals surface area contributed by atoms with Crippen LogP contribution in [0.4, 0.5) is 0 Å². The molecule has 5 heteroatoms. The molecule has 1 atom stereocenters. The number of hydrogen-bond donors (Lipinski definition) is 1. The van der Waals surface area contributed by atoms with Crippen LogP contribution in [0.3, 0.4) is 0 Å². The molecular formula is C19H30N2O3. The molecule has 1 aromatic carbocycles. The van der Waals surface area contributed by atoms with Gasteiger partial charge in [-0.05, 0) is 53.8 Å². The second-order valence-electron chi connectivity index (χ2n) is 7.60. The monoisotopic (exact) mass is 334 g/mol. The Bertz CT molecular complexity index is 593. The lowest BCUT2D eigenvalue weighted by Crippen LogP contribution is -2.45. The number of likely N-dealkylation sites (N-methyl/N-ethyl adjacent to an activating group) is 1. The average molecular weight is 334 g/mol. The first-order chi connectivity index (χ1) is 11.2. The number of benzene rings is 1. The van der Waals surface area contributed by atoms with E-state index in [1.807, 2.05) is 39.6 Å². The van der Waals surface area contributed by atoms with Gasteiger partial charge in [-0.1, -0.05) is 0 Å². The van der Waals surface area contributed by atoms with Gasteiger partial charge in [-0.2, -0.15) is 0 Å². The highest BCUT2D eigenvalue weighted by Gasteiger charge is 2.23. The third-order valence-corrected chi connectivity index (χ3v) is 3.75. The Morgan fingerprint density at radius 3 is 2.75 bits per heavy atom. The Balaban J connectivity index is 2.08. The van der Waals surface area contributed by atoms with Crippen LogP contribution in [0.25, 0.3) is 0 Å². The number of nitrogens with one attached hydrogen (secondary N) is 1. The van der Waals surface area contributed by atoms with Gasteiger partial charge in [0.15, 0.2) is 0 Å². The molecule has 1 unspecified atom stereocenters. The van der Waals surface area contributed by atoms with Gasteiger partial charge in [0.2, 0.25) is 5.91 Å². The molecule has 0 aliphatic carbocycles. The second kappa shape index (κ2) is 7.43. The van der Waals surface area contributed by atoms with Gasteiger partial charge in [0, 0.05) is 29.6 Å². The van der Waals surface area contributed by atoms with Gasteiger partial charge in [0.05, 0.1) is 13.2 Å². The minimum Gasteiger partial charge on any atom is -0.494 e. The second-order valence-corrected chi connectivity index (χ2v) is 7.60. The number of carbonyl (C=O) groups excluding carboxylic acids is 1. The summed E-state index contributed by atoms with van der Waals surface area (Å²) in [4.78, 5) is 14.1. The normalized spacial score (nSPS) is 16.7. The molecule has 0 bridgehead atoms. The van der Waals surface area contributed by atoms with Crippen molar-refractivity contribution in [2.24, 2.45) is 0 Å². The fourth-order valence-corrected chi connectivity index (χ4v) is 2.94. The zero-order chi connectivity index (χ0) is 17.9. The van der Waals surface area contributed by atoms with Crippen molar-refractivity contribution in [3.8, 4) is 11.5 Å². The van der Waals surface area contributed by atoms with Crippen molar-refractivity contribution in [3.05, 3.63) is 23.3 Å². The van der Waals surface area contributed by atoms with E-state index in [4.69, 9.17) is 9.47 Å². The lowest BCUT2D eigenvalue weighted by molar-refractivity contribution is -0.123. The maximum Gasteiger partial charge on any atom is 0.234 e. The highest BCUT2D eigenvalue weighted by Crippen LogP contribution is 2.35.